The first-order valence-corrected chi connectivity index (χ1v) is 9.73. The molecule has 1 fully saturated rings. The molecule has 2 atom stereocenters. The summed E-state index contributed by atoms with van der Waals surface area (Å²) in [6.45, 7) is 12.1. The fourth-order valence-corrected chi connectivity index (χ4v) is 3.36. The van der Waals surface area contributed by atoms with Gasteiger partial charge in [-0.3, -0.25) is 0 Å². The van der Waals surface area contributed by atoms with Gasteiger partial charge in [-0.05, 0) is 38.4 Å². The van der Waals surface area contributed by atoms with Crippen molar-refractivity contribution in [3.8, 4) is 0 Å². The number of rotatable bonds is 11. The van der Waals surface area contributed by atoms with Crippen LogP contribution in [0.2, 0.25) is 0 Å². The molecule has 1 aliphatic rings. The van der Waals surface area contributed by atoms with Crippen molar-refractivity contribution in [1.29, 1.82) is 0 Å². The average Bonchev–Trinajstić information content (AvgIpc) is 2.75. The van der Waals surface area contributed by atoms with Crippen LogP contribution in [0.4, 0.5) is 0 Å². The summed E-state index contributed by atoms with van der Waals surface area (Å²) in [7, 11) is 0. The molecule has 0 aromatic heterocycles. The molecule has 0 aliphatic carbocycles. The van der Waals surface area contributed by atoms with Crippen LogP contribution in [0, 0.1) is 5.92 Å². The van der Waals surface area contributed by atoms with Gasteiger partial charge in [0.05, 0.1) is 0 Å². The van der Waals surface area contributed by atoms with E-state index in [9.17, 15) is 0 Å². The van der Waals surface area contributed by atoms with Crippen molar-refractivity contribution in [3.63, 3.8) is 0 Å². The van der Waals surface area contributed by atoms with Crippen LogP contribution in [0.25, 0.3) is 0 Å². The van der Waals surface area contributed by atoms with Gasteiger partial charge in [0.15, 0.2) is 0 Å². The lowest BCUT2D eigenvalue weighted by Crippen LogP contribution is -2.42. The molecule has 0 bridgehead atoms. The summed E-state index contributed by atoms with van der Waals surface area (Å²) < 4.78 is 0. The maximum atomic E-state index is 3.75. The first-order chi connectivity index (χ1) is 10.3. The number of nitrogens with one attached hydrogen (secondary N) is 1. The molecule has 0 aromatic carbocycles. The van der Waals surface area contributed by atoms with E-state index < -0.39 is 0 Å². The topological polar surface area (TPSA) is 15.3 Å². The van der Waals surface area contributed by atoms with Crippen LogP contribution in [0.15, 0.2) is 0 Å². The zero-order valence-corrected chi connectivity index (χ0v) is 15.0. The second-order valence-corrected chi connectivity index (χ2v) is 7.08. The number of unbranched alkanes of at least 4 members (excludes halogenated alkanes) is 7. The van der Waals surface area contributed by atoms with Crippen molar-refractivity contribution < 1.29 is 0 Å². The van der Waals surface area contributed by atoms with E-state index in [0.29, 0.717) is 6.04 Å². The van der Waals surface area contributed by atoms with Crippen molar-refractivity contribution in [2.24, 2.45) is 5.92 Å². The summed E-state index contributed by atoms with van der Waals surface area (Å²) in [5, 5.41) is 3.75. The van der Waals surface area contributed by atoms with E-state index in [1.807, 2.05) is 0 Å². The van der Waals surface area contributed by atoms with E-state index in [1.54, 1.807) is 0 Å². The van der Waals surface area contributed by atoms with Crippen molar-refractivity contribution in [2.75, 3.05) is 26.2 Å². The standard InChI is InChI=1S/C19H40N2/c1-4-6-7-8-9-10-11-12-15-21-16-13-14-20-19(17-21)18(3)5-2/h18-20H,4-17H2,1-3H3. The minimum atomic E-state index is 0.714. The van der Waals surface area contributed by atoms with Crippen LogP contribution < -0.4 is 5.32 Å². The predicted octanol–water partition coefficient (Wildman–Crippen LogP) is 4.84. The minimum absolute atomic E-state index is 0.714. The first kappa shape index (κ1) is 19.0. The van der Waals surface area contributed by atoms with E-state index in [-0.39, 0.29) is 0 Å². The van der Waals surface area contributed by atoms with E-state index >= 15 is 0 Å². The van der Waals surface area contributed by atoms with Crippen molar-refractivity contribution in [1.82, 2.24) is 10.2 Å². The lowest BCUT2D eigenvalue weighted by Gasteiger charge is -2.28. The van der Waals surface area contributed by atoms with E-state index in [1.165, 1.54) is 90.4 Å². The second-order valence-electron chi connectivity index (χ2n) is 7.08. The predicted molar refractivity (Wildman–Crippen MR) is 94.9 cm³/mol. The van der Waals surface area contributed by atoms with E-state index in [0.717, 1.165) is 5.92 Å². The van der Waals surface area contributed by atoms with Crippen molar-refractivity contribution >= 4 is 0 Å². The molecule has 2 unspecified atom stereocenters. The highest BCUT2D eigenvalue weighted by molar-refractivity contribution is 4.80. The Morgan fingerprint density at radius 2 is 1.67 bits per heavy atom. The van der Waals surface area contributed by atoms with Gasteiger partial charge in [0, 0.05) is 12.6 Å². The molecule has 2 nitrogen and oxygen atoms in total. The molecular weight excluding hydrogens is 256 g/mol. The Balaban J connectivity index is 2.07. The van der Waals surface area contributed by atoms with Crippen LogP contribution in [-0.4, -0.2) is 37.1 Å². The highest BCUT2D eigenvalue weighted by Gasteiger charge is 2.21. The van der Waals surface area contributed by atoms with Gasteiger partial charge in [0.1, 0.15) is 0 Å². The zero-order chi connectivity index (χ0) is 15.3. The van der Waals surface area contributed by atoms with Gasteiger partial charge >= 0.3 is 0 Å². The lowest BCUT2D eigenvalue weighted by atomic mass is 9.99. The summed E-state index contributed by atoms with van der Waals surface area (Å²) >= 11 is 0. The average molecular weight is 297 g/mol. The maximum Gasteiger partial charge on any atom is 0.0220 e. The quantitative estimate of drug-likeness (QED) is 0.549. The molecule has 21 heavy (non-hydrogen) atoms. The molecular formula is C19H40N2. The fourth-order valence-electron chi connectivity index (χ4n) is 3.36. The Morgan fingerprint density at radius 3 is 2.33 bits per heavy atom. The summed E-state index contributed by atoms with van der Waals surface area (Å²) in [6, 6.07) is 0.714. The van der Waals surface area contributed by atoms with Gasteiger partial charge in [-0.1, -0.05) is 72.1 Å². The summed E-state index contributed by atoms with van der Waals surface area (Å²) in [5.41, 5.74) is 0. The molecule has 1 heterocycles. The zero-order valence-electron chi connectivity index (χ0n) is 15.0. The van der Waals surface area contributed by atoms with Crippen LogP contribution in [0.1, 0.15) is 85.0 Å². The van der Waals surface area contributed by atoms with Gasteiger partial charge < -0.3 is 10.2 Å². The molecule has 0 aromatic rings. The summed E-state index contributed by atoms with van der Waals surface area (Å²) in [6.07, 6.45) is 14.1. The molecule has 126 valence electrons. The monoisotopic (exact) mass is 296 g/mol. The number of hydrogen-bond acceptors (Lipinski definition) is 2. The minimum Gasteiger partial charge on any atom is -0.312 e. The normalized spacial score (nSPS) is 22.1. The third-order valence-corrected chi connectivity index (χ3v) is 5.17. The highest BCUT2D eigenvalue weighted by atomic mass is 15.2. The van der Waals surface area contributed by atoms with E-state index in [4.69, 9.17) is 0 Å². The maximum absolute atomic E-state index is 3.75. The Kier molecular flexibility index (Phi) is 11.3. The number of hydrogen-bond donors (Lipinski definition) is 1. The summed E-state index contributed by atoms with van der Waals surface area (Å²) in [5.74, 6) is 0.809. The Hall–Kier alpha value is -0.0800. The molecule has 1 rings (SSSR count). The van der Waals surface area contributed by atoms with E-state index in [2.05, 4.69) is 31.0 Å². The van der Waals surface area contributed by atoms with Gasteiger partial charge in [0.2, 0.25) is 0 Å². The van der Waals surface area contributed by atoms with Crippen molar-refractivity contribution in [3.05, 3.63) is 0 Å². The molecule has 0 spiro atoms. The molecule has 1 N–H and O–H groups in total. The fraction of sp³-hybridized carbons (Fsp3) is 1.00. The molecule has 0 amide bonds. The second kappa shape index (κ2) is 12.5. The van der Waals surface area contributed by atoms with Crippen LogP contribution in [0.3, 0.4) is 0 Å². The molecule has 1 saturated heterocycles. The Bertz CT molecular complexity index is 230. The summed E-state index contributed by atoms with van der Waals surface area (Å²) in [4.78, 5) is 2.72. The number of nitrogens with zero attached hydrogens (tertiary/aromatic N) is 1. The Morgan fingerprint density at radius 1 is 1.00 bits per heavy atom. The lowest BCUT2D eigenvalue weighted by molar-refractivity contribution is 0.233. The van der Waals surface area contributed by atoms with Gasteiger partial charge in [-0.15, -0.1) is 0 Å². The van der Waals surface area contributed by atoms with Gasteiger partial charge in [-0.2, -0.15) is 0 Å². The third-order valence-electron chi connectivity index (χ3n) is 5.17. The third kappa shape index (κ3) is 8.83. The molecule has 0 saturated carbocycles. The van der Waals surface area contributed by atoms with Crippen LogP contribution >= 0.6 is 0 Å². The highest BCUT2D eigenvalue weighted by Crippen LogP contribution is 2.14. The molecule has 0 radical (unpaired) electrons. The smallest absolute Gasteiger partial charge is 0.0220 e. The first-order valence-electron chi connectivity index (χ1n) is 9.73. The Labute approximate surface area is 134 Å². The van der Waals surface area contributed by atoms with Crippen LogP contribution in [0.5, 0.6) is 0 Å². The van der Waals surface area contributed by atoms with Gasteiger partial charge in [0.25, 0.3) is 0 Å². The van der Waals surface area contributed by atoms with Crippen LogP contribution in [-0.2, 0) is 0 Å². The molecule has 1 aliphatic heterocycles. The molecule has 2 heteroatoms. The SMILES string of the molecule is CCCCCCCCCCN1CCCNC(C(C)CC)C1. The largest absolute Gasteiger partial charge is 0.312 e. The van der Waals surface area contributed by atoms with Gasteiger partial charge in [-0.25, -0.2) is 0 Å². The van der Waals surface area contributed by atoms with Crippen molar-refractivity contribution in [2.45, 2.75) is 91.0 Å².